The number of hydrogen-bond donors (Lipinski definition) is 1. The summed E-state index contributed by atoms with van der Waals surface area (Å²) in [7, 11) is 0. The summed E-state index contributed by atoms with van der Waals surface area (Å²) in [6.45, 7) is 4.15. The van der Waals surface area contributed by atoms with Crippen LogP contribution in [0.4, 0.5) is 5.69 Å². The van der Waals surface area contributed by atoms with Crippen molar-refractivity contribution in [2.45, 2.75) is 26.6 Å². The van der Waals surface area contributed by atoms with E-state index in [-0.39, 0.29) is 18.3 Å². The maximum atomic E-state index is 12.6. The minimum absolute atomic E-state index is 0.0258. The number of carbonyl (C=O) groups is 1. The molecule has 3 aromatic rings. The molecule has 1 amide bonds. The van der Waals surface area contributed by atoms with Crippen LogP contribution in [-0.2, 0) is 11.4 Å². The summed E-state index contributed by atoms with van der Waals surface area (Å²) in [5, 5.41) is 13.3. The van der Waals surface area contributed by atoms with Crippen molar-refractivity contribution in [1.82, 2.24) is 0 Å². The van der Waals surface area contributed by atoms with Gasteiger partial charge in [-0.1, -0.05) is 35.3 Å². The zero-order chi connectivity index (χ0) is 24.7. The molecule has 0 aliphatic heterocycles. The van der Waals surface area contributed by atoms with Crippen molar-refractivity contribution in [3.63, 3.8) is 0 Å². The van der Waals surface area contributed by atoms with Crippen LogP contribution in [0.3, 0.4) is 0 Å². The van der Waals surface area contributed by atoms with E-state index in [1.54, 1.807) is 60.7 Å². The molecule has 0 aliphatic carbocycles. The second-order valence-corrected chi connectivity index (χ2v) is 9.23. The minimum Gasteiger partial charge on any atom is -0.490 e. The van der Waals surface area contributed by atoms with Gasteiger partial charge in [-0.25, -0.2) is 0 Å². The number of anilines is 1. The Morgan fingerprint density at radius 1 is 1.12 bits per heavy atom. The summed E-state index contributed by atoms with van der Waals surface area (Å²) >= 11 is 15.5. The summed E-state index contributed by atoms with van der Waals surface area (Å²) in [6.07, 6.45) is 1.55. The number of nitrogens with one attached hydrogen (secondary N) is 1. The van der Waals surface area contributed by atoms with Crippen LogP contribution in [0.2, 0.25) is 10.0 Å². The number of nitrogens with zero attached hydrogens (tertiary/aromatic N) is 1. The lowest BCUT2D eigenvalue weighted by Gasteiger charge is -2.12. The number of halogens is 3. The first-order valence-corrected chi connectivity index (χ1v) is 11.9. The highest BCUT2D eigenvalue weighted by Crippen LogP contribution is 2.28. The molecule has 3 aromatic carbocycles. The number of hydrogen-bond acceptors (Lipinski definition) is 4. The average molecular weight is 560 g/mol. The highest BCUT2D eigenvalue weighted by Gasteiger charge is 2.11. The molecule has 0 fully saturated rings. The van der Waals surface area contributed by atoms with E-state index in [9.17, 15) is 10.1 Å². The van der Waals surface area contributed by atoms with Crippen LogP contribution in [0.5, 0.6) is 11.5 Å². The molecule has 0 radical (unpaired) electrons. The molecule has 34 heavy (non-hydrogen) atoms. The van der Waals surface area contributed by atoms with Crippen LogP contribution in [0.15, 0.2) is 70.7 Å². The van der Waals surface area contributed by atoms with Gasteiger partial charge in [0.2, 0.25) is 0 Å². The maximum Gasteiger partial charge on any atom is 0.266 e. The SMILES string of the molecule is CC(C)Oc1ccc(/C=C(\C#N)C(=O)Nc2ccc(OCc3ccc(Cl)cc3Cl)cc2)cc1Br. The molecule has 0 saturated carbocycles. The third-order valence-electron chi connectivity index (χ3n) is 4.52. The fourth-order valence-corrected chi connectivity index (χ4v) is 3.86. The number of rotatable bonds is 8. The van der Waals surface area contributed by atoms with Crippen molar-refractivity contribution in [2.75, 3.05) is 5.32 Å². The molecule has 0 unspecified atom stereocenters. The van der Waals surface area contributed by atoms with Crippen LogP contribution in [-0.4, -0.2) is 12.0 Å². The van der Waals surface area contributed by atoms with Gasteiger partial charge in [0, 0.05) is 21.3 Å². The first-order chi connectivity index (χ1) is 16.2. The number of nitriles is 1. The molecule has 0 atom stereocenters. The molecule has 0 aliphatic rings. The van der Waals surface area contributed by atoms with Crippen molar-refractivity contribution >= 4 is 56.8 Å². The molecule has 0 saturated heterocycles. The molecule has 5 nitrogen and oxygen atoms in total. The predicted octanol–water partition coefficient (Wildman–Crippen LogP) is 7.67. The van der Waals surface area contributed by atoms with Crippen molar-refractivity contribution in [3.05, 3.63) is 91.9 Å². The quantitative estimate of drug-likeness (QED) is 0.227. The summed E-state index contributed by atoms with van der Waals surface area (Å²) in [5.41, 5.74) is 2.01. The Morgan fingerprint density at radius 2 is 1.85 bits per heavy atom. The van der Waals surface area contributed by atoms with Crippen molar-refractivity contribution in [1.29, 1.82) is 5.26 Å². The second kappa shape index (κ2) is 11.9. The topological polar surface area (TPSA) is 71.3 Å². The lowest BCUT2D eigenvalue weighted by atomic mass is 10.1. The van der Waals surface area contributed by atoms with E-state index in [2.05, 4.69) is 21.2 Å². The van der Waals surface area contributed by atoms with Gasteiger partial charge in [0.15, 0.2) is 0 Å². The fourth-order valence-electron chi connectivity index (χ4n) is 2.90. The van der Waals surface area contributed by atoms with E-state index in [1.807, 2.05) is 19.9 Å². The third kappa shape index (κ3) is 7.26. The van der Waals surface area contributed by atoms with Crippen LogP contribution < -0.4 is 14.8 Å². The third-order valence-corrected chi connectivity index (χ3v) is 5.72. The van der Waals surface area contributed by atoms with Gasteiger partial charge in [0.1, 0.15) is 29.7 Å². The Balaban J connectivity index is 1.63. The highest BCUT2D eigenvalue weighted by atomic mass is 79.9. The van der Waals surface area contributed by atoms with Crippen LogP contribution in [0, 0.1) is 11.3 Å². The second-order valence-electron chi connectivity index (χ2n) is 7.53. The molecular weight excluding hydrogens is 539 g/mol. The average Bonchev–Trinajstić information content (AvgIpc) is 2.79. The van der Waals surface area contributed by atoms with Crippen LogP contribution >= 0.6 is 39.1 Å². The smallest absolute Gasteiger partial charge is 0.266 e. The highest BCUT2D eigenvalue weighted by molar-refractivity contribution is 9.10. The number of amides is 1. The monoisotopic (exact) mass is 558 g/mol. The molecule has 8 heteroatoms. The normalized spacial score (nSPS) is 11.1. The van der Waals surface area contributed by atoms with E-state index in [4.69, 9.17) is 32.7 Å². The summed E-state index contributed by atoms with van der Waals surface area (Å²) in [4.78, 5) is 12.6. The van der Waals surface area contributed by atoms with Gasteiger partial charge in [0.05, 0.1) is 10.6 Å². The lowest BCUT2D eigenvalue weighted by molar-refractivity contribution is -0.112. The van der Waals surface area contributed by atoms with Gasteiger partial charge in [-0.2, -0.15) is 5.26 Å². The Morgan fingerprint density at radius 3 is 2.47 bits per heavy atom. The van der Waals surface area contributed by atoms with Crippen molar-refractivity contribution < 1.29 is 14.3 Å². The van der Waals surface area contributed by atoms with Crippen molar-refractivity contribution in [2.24, 2.45) is 0 Å². The van der Waals surface area contributed by atoms with Gasteiger partial charge >= 0.3 is 0 Å². The molecule has 174 valence electrons. The number of ether oxygens (including phenoxy) is 2. The zero-order valence-electron chi connectivity index (χ0n) is 18.4. The largest absolute Gasteiger partial charge is 0.490 e. The van der Waals surface area contributed by atoms with E-state index in [0.717, 1.165) is 10.0 Å². The predicted molar refractivity (Wildman–Crippen MR) is 139 cm³/mol. The van der Waals surface area contributed by atoms with Crippen LogP contribution in [0.1, 0.15) is 25.0 Å². The Kier molecular flexibility index (Phi) is 9.00. The van der Waals surface area contributed by atoms with Crippen LogP contribution in [0.25, 0.3) is 6.08 Å². The Hall–Kier alpha value is -2.98. The van der Waals surface area contributed by atoms with E-state index < -0.39 is 5.91 Å². The first kappa shape index (κ1) is 25.6. The summed E-state index contributed by atoms with van der Waals surface area (Å²) in [6, 6.07) is 19.4. The van der Waals surface area contributed by atoms with Gasteiger partial charge < -0.3 is 14.8 Å². The van der Waals surface area contributed by atoms with Gasteiger partial charge in [-0.05, 0) is 89.9 Å². The molecule has 1 N–H and O–H groups in total. The molecule has 0 aromatic heterocycles. The molecular formula is C26H21BrCl2N2O3. The Labute approximate surface area is 217 Å². The summed E-state index contributed by atoms with van der Waals surface area (Å²) < 4.78 is 12.2. The lowest BCUT2D eigenvalue weighted by Crippen LogP contribution is -2.13. The van der Waals surface area contributed by atoms with Gasteiger partial charge in [-0.15, -0.1) is 0 Å². The minimum atomic E-state index is -0.511. The van der Waals surface area contributed by atoms with E-state index >= 15 is 0 Å². The van der Waals surface area contributed by atoms with Gasteiger partial charge in [0.25, 0.3) is 5.91 Å². The fraction of sp³-hybridized carbons (Fsp3) is 0.154. The Bertz CT molecular complexity index is 1250. The maximum absolute atomic E-state index is 12.6. The summed E-state index contributed by atoms with van der Waals surface area (Å²) in [5.74, 6) is 0.784. The zero-order valence-corrected chi connectivity index (χ0v) is 21.5. The molecule has 0 spiro atoms. The molecule has 3 rings (SSSR count). The molecule has 0 heterocycles. The van der Waals surface area contributed by atoms with Crippen molar-refractivity contribution in [3.8, 4) is 17.6 Å². The van der Waals surface area contributed by atoms with E-state index in [1.165, 1.54) is 6.08 Å². The number of carbonyl (C=O) groups excluding carboxylic acids is 1. The molecule has 0 bridgehead atoms. The number of benzene rings is 3. The van der Waals surface area contributed by atoms with Gasteiger partial charge in [-0.3, -0.25) is 4.79 Å². The standard InChI is InChI=1S/C26H21BrCl2N2O3/c1-16(2)34-25-10-3-17(12-23(25)27)11-19(14-30)26(32)31-21-6-8-22(9-7-21)33-15-18-4-5-20(28)13-24(18)29/h3-13,16H,15H2,1-2H3,(H,31,32)/b19-11+. The first-order valence-electron chi connectivity index (χ1n) is 10.3. The van der Waals surface area contributed by atoms with E-state index in [0.29, 0.717) is 32.8 Å².